The molecule has 0 unspecified atom stereocenters. The smallest absolute Gasteiger partial charge is 0.475 e. The van der Waals surface area contributed by atoms with E-state index in [4.69, 9.17) is 14.6 Å². The summed E-state index contributed by atoms with van der Waals surface area (Å²) in [5.74, 6) is -2.76. The number of urea groups is 1. The molecule has 1 aromatic rings. The number of nitrogens with zero attached hydrogens (tertiary/aromatic N) is 3. The number of aliphatic carboxylic acids is 1. The van der Waals surface area contributed by atoms with Crippen LogP contribution in [0.4, 0.5) is 18.0 Å². The molecule has 1 saturated heterocycles. The van der Waals surface area contributed by atoms with Crippen molar-refractivity contribution in [3.63, 3.8) is 0 Å². The Morgan fingerprint density at radius 3 is 2.45 bits per heavy atom. The van der Waals surface area contributed by atoms with Crippen LogP contribution in [0.2, 0.25) is 0 Å². The Bertz CT molecular complexity index is 734. The summed E-state index contributed by atoms with van der Waals surface area (Å²) in [5, 5.41) is 7.12. The fraction of sp³-hybridized carbons (Fsp3) is 0.526. The van der Waals surface area contributed by atoms with E-state index in [0.717, 1.165) is 50.0 Å². The Morgan fingerprint density at radius 2 is 1.86 bits per heavy atom. The molecule has 1 N–H and O–H groups in total. The van der Waals surface area contributed by atoms with Crippen LogP contribution in [-0.4, -0.2) is 64.3 Å². The molecule has 0 bridgehead atoms. The Morgan fingerprint density at radius 1 is 1.21 bits per heavy atom. The highest BCUT2D eigenvalue weighted by Gasteiger charge is 2.38. The maximum atomic E-state index is 12.5. The van der Waals surface area contributed by atoms with Gasteiger partial charge in [0.25, 0.3) is 0 Å². The van der Waals surface area contributed by atoms with E-state index in [1.54, 1.807) is 6.08 Å². The minimum absolute atomic E-state index is 0.177. The zero-order valence-electron chi connectivity index (χ0n) is 16.0. The van der Waals surface area contributed by atoms with E-state index < -0.39 is 12.1 Å². The van der Waals surface area contributed by atoms with Crippen molar-refractivity contribution < 1.29 is 32.6 Å². The Kier molecular flexibility index (Phi) is 8.00. The second-order valence-corrected chi connectivity index (χ2v) is 6.69. The van der Waals surface area contributed by atoms with E-state index in [0.29, 0.717) is 19.8 Å². The van der Waals surface area contributed by atoms with Crippen LogP contribution in [0.3, 0.4) is 0 Å². The van der Waals surface area contributed by atoms with Crippen molar-refractivity contribution >= 4 is 12.0 Å². The van der Waals surface area contributed by atoms with Gasteiger partial charge in [0.05, 0.1) is 13.2 Å². The standard InChI is InChI=1S/C17H23N3O2.C2HF3O2/c1-2-9-22-13-15-11-18-10-14-12-20(8-5-16(14)15)17(21)19-6-3-4-7-19;3-2(4,5)1(6)7/h2,10-11H,1,3-9,12-13H2;(H,6,7). The van der Waals surface area contributed by atoms with Crippen LogP contribution >= 0.6 is 0 Å². The number of likely N-dealkylation sites (tertiary alicyclic amines) is 1. The van der Waals surface area contributed by atoms with Gasteiger partial charge in [-0.2, -0.15) is 13.2 Å². The monoisotopic (exact) mass is 415 g/mol. The first-order chi connectivity index (χ1) is 13.7. The van der Waals surface area contributed by atoms with Crippen LogP contribution in [0, 0.1) is 0 Å². The quantitative estimate of drug-likeness (QED) is 0.604. The third kappa shape index (κ3) is 6.45. The van der Waals surface area contributed by atoms with Crippen LogP contribution in [0.15, 0.2) is 25.0 Å². The van der Waals surface area contributed by atoms with Crippen LogP contribution in [-0.2, 0) is 29.1 Å². The molecule has 1 aromatic heterocycles. The molecule has 0 aliphatic carbocycles. The lowest BCUT2D eigenvalue weighted by molar-refractivity contribution is -0.192. The number of halogens is 3. The van der Waals surface area contributed by atoms with Gasteiger partial charge < -0.3 is 19.6 Å². The molecule has 10 heteroatoms. The number of carbonyl (C=O) groups excluding carboxylic acids is 1. The summed E-state index contributed by atoms with van der Waals surface area (Å²) in [5.41, 5.74) is 3.58. The van der Waals surface area contributed by atoms with Gasteiger partial charge in [-0.1, -0.05) is 6.08 Å². The molecule has 0 atom stereocenters. The molecule has 2 aliphatic rings. The number of carboxylic acid groups (broad SMARTS) is 1. The fourth-order valence-corrected chi connectivity index (χ4v) is 3.22. The van der Waals surface area contributed by atoms with Gasteiger partial charge in [0, 0.05) is 38.6 Å². The number of carboxylic acids is 1. The third-order valence-corrected chi connectivity index (χ3v) is 4.61. The lowest BCUT2D eigenvalue weighted by Gasteiger charge is -2.32. The molecular weight excluding hydrogens is 391 g/mol. The second-order valence-electron chi connectivity index (χ2n) is 6.69. The molecule has 0 spiro atoms. The number of carbonyl (C=O) groups is 2. The molecule has 160 valence electrons. The Labute approximate surface area is 166 Å². The molecule has 2 amide bonds. The summed E-state index contributed by atoms with van der Waals surface area (Å²) in [6, 6.07) is 0.177. The topological polar surface area (TPSA) is 83.0 Å². The number of fused-ring (bicyclic) bond motifs is 1. The van der Waals surface area contributed by atoms with Crippen molar-refractivity contribution in [2.45, 2.75) is 38.6 Å². The van der Waals surface area contributed by atoms with Gasteiger partial charge in [-0.15, -0.1) is 6.58 Å². The van der Waals surface area contributed by atoms with Crippen LogP contribution in [0.1, 0.15) is 29.5 Å². The number of pyridine rings is 1. The summed E-state index contributed by atoms with van der Waals surface area (Å²) in [6.45, 7) is 8.00. The van der Waals surface area contributed by atoms with Crippen molar-refractivity contribution in [3.05, 3.63) is 41.7 Å². The number of aromatic nitrogens is 1. The number of ether oxygens (including phenoxy) is 1. The zero-order chi connectivity index (χ0) is 21.4. The van der Waals surface area contributed by atoms with Crippen LogP contribution < -0.4 is 0 Å². The predicted molar refractivity (Wildman–Crippen MR) is 98.1 cm³/mol. The highest BCUT2D eigenvalue weighted by molar-refractivity contribution is 5.75. The first-order valence-electron chi connectivity index (χ1n) is 9.21. The second kappa shape index (κ2) is 10.2. The number of alkyl halides is 3. The first kappa shape index (κ1) is 22.7. The van der Waals surface area contributed by atoms with Crippen molar-refractivity contribution in [1.29, 1.82) is 0 Å². The number of hydrogen-bond acceptors (Lipinski definition) is 4. The molecule has 3 rings (SSSR count). The van der Waals surface area contributed by atoms with Crippen molar-refractivity contribution in [2.75, 3.05) is 26.2 Å². The van der Waals surface area contributed by atoms with E-state index >= 15 is 0 Å². The van der Waals surface area contributed by atoms with Gasteiger partial charge in [0.2, 0.25) is 0 Å². The number of hydrogen-bond donors (Lipinski definition) is 1. The summed E-state index contributed by atoms with van der Waals surface area (Å²) in [6.07, 6.45) is 3.56. The highest BCUT2D eigenvalue weighted by Crippen LogP contribution is 2.24. The summed E-state index contributed by atoms with van der Waals surface area (Å²) in [4.78, 5) is 29.6. The van der Waals surface area contributed by atoms with Crippen molar-refractivity contribution in [3.8, 4) is 0 Å². The lowest BCUT2D eigenvalue weighted by Crippen LogP contribution is -2.44. The van der Waals surface area contributed by atoms with Crippen LogP contribution in [0.25, 0.3) is 0 Å². The maximum absolute atomic E-state index is 12.5. The van der Waals surface area contributed by atoms with Crippen LogP contribution in [0.5, 0.6) is 0 Å². The van der Waals surface area contributed by atoms with Gasteiger partial charge in [-0.05, 0) is 36.0 Å². The van der Waals surface area contributed by atoms with E-state index in [1.807, 2.05) is 22.2 Å². The molecule has 2 aliphatic heterocycles. The largest absolute Gasteiger partial charge is 0.490 e. The average molecular weight is 415 g/mol. The predicted octanol–water partition coefficient (Wildman–Crippen LogP) is 2.99. The van der Waals surface area contributed by atoms with E-state index in [9.17, 15) is 18.0 Å². The number of rotatable bonds is 4. The molecule has 3 heterocycles. The van der Waals surface area contributed by atoms with E-state index in [-0.39, 0.29) is 6.03 Å². The fourth-order valence-electron chi connectivity index (χ4n) is 3.22. The Hall–Kier alpha value is -2.62. The maximum Gasteiger partial charge on any atom is 0.490 e. The van der Waals surface area contributed by atoms with Crippen molar-refractivity contribution in [2.24, 2.45) is 0 Å². The molecule has 1 fully saturated rings. The van der Waals surface area contributed by atoms with Gasteiger partial charge in [-0.25, -0.2) is 9.59 Å². The zero-order valence-corrected chi connectivity index (χ0v) is 16.0. The number of amides is 2. The average Bonchev–Trinajstić information content (AvgIpc) is 3.22. The van der Waals surface area contributed by atoms with E-state index in [1.165, 1.54) is 5.56 Å². The minimum atomic E-state index is -5.08. The third-order valence-electron chi connectivity index (χ3n) is 4.61. The summed E-state index contributed by atoms with van der Waals surface area (Å²) < 4.78 is 37.3. The summed E-state index contributed by atoms with van der Waals surface area (Å²) >= 11 is 0. The van der Waals surface area contributed by atoms with Gasteiger partial charge in [0.15, 0.2) is 0 Å². The van der Waals surface area contributed by atoms with Gasteiger partial charge >= 0.3 is 18.2 Å². The SMILES string of the molecule is C=CCOCc1cncc2c1CCN(C(=O)N1CCCC1)C2.O=C(O)C(F)(F)F. The highest BCUT2D eigenvalue weighted by atomic mass is 19.4. The molecule has 0 saturated carbocycles. The van der Waals surface area contributed by atoms with Gasteiger partial charge in [-0.3, -0.25) is 4.98 Å². The molecule has 0 radical (unpaired) electrons. The first-order valence-corrected chi connectivity index (χ1v) is 9.21. The molecule has 7 nitrogen and oxygen atoms in total. The normalized spacial score (nSPS) is 16.0. The van der Waals surface area contributed by atoms with Gasteiger partial charge in [0.1, 0.15) is 0 Å². The molecule has 0 aromatic carbocycles. The van der Waals surface area contributed by atoms with E-state index in [2.05, 4.69) is 11.6 Å². The lowest BCUT2D eigenvalue weighted by atomic mass is 9.97. The van der Waals surface area contributed by atoms with Crippen molar-refractivity contribution in [1.82, 2.24) is 14.8 Å². The molecular formula is C19H24F3N3O4. The minimum Gasteiger partial charge on any atom is -0.475 e. The summed E-state index contributed by atoms with van der Waals surface area (Å²) in [7, 11) is 0. The molecule has 29 heavy (non-hydrogen) atoms. The Balaban J connectivity index is 0.000000370.